The van der Waals surface area contributed by atoms with Gasteiger partial charge in [0, 0.05) is 17.5 Å². The molecule has 0 saturated heterocycles. The summed E-state index contributed by atoms with van der Waals surface area (Å²) in [5, 5.41) is 2.47. The summed E-state index contributed by atoms with van der Waals surface area (Å²) in [6.07, 6.45) is -4.78. The van der Waals surface area contributed by atoms with Crippen molar-refractivity contribution < 1.29 is 27.6 Å². The van der Waals surface area contributed by atoms with E-state index in [1.54, 1.807) is 48.5 Å². The van der Waals surface area contributed by atoms with Crippen LogP contribution in [0, 0.1) is 0 Å². The van der Waals surface area contributed by atoms with Crippen molar-refractivity contribution in [1.82, 2.24) is 5.32 Å². The molecule has 3 aromatic rings. The van der Waals surface area contributed by atoms with Gasteiger partial charge in [-0.1, -0.05) is 72.8 Å². The van der Waals surface area contributed by atoms with Crippen molar-refractivity contribution >= 4 is 17.6 Å². The number of ketones is 1. The molecule has 2 amide bonds. The van der Waals surface area contributed by atoms with Crippen LogP contribution in [0.2, 0.25) is 0 Å². The number of carbonyl (C=O) groups excluding carboxylic acids is 3. The molecule has 0 aliphatic rings. The van der Waals surface area contributed by atoms with Crippen molar-refractivity contribution in [3.63, 3.8) is 0 Å². The molecule has 5 nitrogen and oxygen atoms in total. The molecule has 3 aromatic carbocycles. The Bertz CT molecular complexity index is 1140. The summed E-state index contributed by atoms with van der Waals surface area (Å²) in [6.45, 7) is 0. The number of primary amides is 1. The van der Waals surface area contributed by atoms with Crippen molar-refractivity contribution in [3.8, 4) is 0 Å². The molecular formula is C25H21F3N2O3. The Morgan fingerprint density at radius 2 is 1.45 bits per heavy atom. The van der Waals surface area contributed by atoms with Crippen molar-refractivity contribution in [3.05, 3.63) is 107 Å². The van der Waals surface area contributed by atoms with E-state index in [2.05, 4.69) is 5.32 Å². The Morgan fingerprint density at radius 1 is 0.818 bits per heavy atom. The van der Waals surface area contributed by atoms with Gasteiger partial charge in [-0.15, -0.1) is 0 Å². The lowest BCUT2D eigenvalue weighted by atomic mass is 9.99. The van der Waals surface area contributed by atoms with Gasteiger partial charge in [0.2, 0.25) is 11.8 Å². The molecule has 3 N–H and O–H groups in total. The number of rotatable bonds is 8. The van der Waals surface area contributed by atoms with Gasteiger partial charge in [0.05, 0.1) is 12.0 Å². The van der Waals surface area contributed by atoms with Gasteiger partial charge in [-0.3, -0.25) is 14.4 Å². The van der Waals surface area contributed by atoms with Crippen molar-refractivity contribution in [1.29, 1.82) is 0 Å². The van der Waals surface area contributed by atoms with Crippen LogP contribution < -0.4 is 11.1 Å². The second-order valence-electron chi connectivity index (χ2n) is 7.49. The molecule has 1 atom stereocenters. The number of amides is 2. The molecular weight excluding hydrogens is 433 g/mol. The molecule has 3 rings (SSSR count). The fourth-order valence-electron chi connectivity index (χ4n) is 3.30. The van der Waals surface area contributed by atoms with Gasteiger partial charge in [-0.25, -0.2) is 0 Å². The van der Waals surface area contributed by atoms with Gasteiger partial charge < -0.3 is 11.1 Å². The maximum Gasteiger partial charge on any atom is 0.416 e. The molecule has 33 heavy (non-hydrogen) atoms. The third kappa shape index (κ3) is 6.52. The van der Waals surface area contributed by atoms with Crippen molar-refractivity contribution in [2.24, 2.45) is 5.73 Å². The number of alkyl halides is 3. The van der Waals surface area contributed by atoms with Crippen LogP contribution in [0.1, 0.15) is 32.6 Å². The summed E-state index contributed by atoms with van der Waals surface area (Å²) in [4.78, 5) is 36.7. The Labute approximate surface area is 188 Å². The minimum absolute atomic E-state index is 0.0729. The van der Waals surface area contributed by atoms with Gasteiger partial charge in [0.25, 0.3) is 0 Å². The second kappa shape index (κ2) is 10.1. The first-order chi connectivity index (χ1) is 15.6. The molecule has 170 valence electrons. The van der Waals surface area contributed by atoms with E-state index < -0.39 is 29.6 Å². The topological polar surface area (TPSA) is 89.3 Å². The standard InChI is InChI=1S/C25H21F3N2O3/c26-25(27,28)20-8-4-5-17(13-20)15-22(31)30-21(24(29)33)14-16-9-11-19(12-10-16)23(32)18-6-2-1-3-7-18/h1-13,21H,14-15H2,(H2,29,33)(H,30,31)/t21-/m0/s1. The highest BCUT2D eigenvalue weighted by Crippen LogP contribution is 2.29. The quantitative estimate of drug-likeness (QED) is 0.509. The molecule has 0 aliphatic carbocycles. The lowest BCUT2D eigenvalue weighted by molar-refractivity contribution is -0.137. The van der Waals surface area contributed by atoms with E-state index in [4.69, 9.17) is 5.73 Å². The van der Waals surface area contributed by atoms with E-state index in [1.165, 1.54) is 12.1 Å². The zero-order chi connectivity index (χ0) is 24.0. The monoisotopic (exact) mass is 454 g/mol. The number of nitrogens with two attached hydrogens (primary N) is 1. The molecule has 0 unspecified atom stereocenters. The fourth-order valence-corrected chi connectivity index (χ4v) is 3.30. The van der Waals surface area contributed by atoms with Gasteiger partial charge in [0.1, 0.15) is 6.04 Å². The molecule has 0 spiro atoms. The number of nitrogens with one attached hydrogen (secondary N) is 1. The van der Waals surface area contributed by atoms with E-state index in [9.17, 15) is 27.6 Å². The average molecular weight is 454 g/mol. The Kier molecular flexibility index (Phi) is 7.27. The maximum atomic E-state index is 12.9. The van der Waals surface area contributed by atoms with Crippen LogP contribution >= 0.6 is 0 Å². The number of halogens is 3. The van der Waals surface area contributed by atoms with Crippen LogP contribution in [-0.4, -0.2) is 23.6 Å². The molecule has 0 heterocycles. The smallest absolute Gasteiger partial charge is 0.368 e. The summed E-state index contributed by atoms with van der Waals surface area (Å²) in [5.41, 5.74) is 6.38. The van der Waals surface area contributed by atoms with E-state index >= 15 is 0 Å². The minimum atomic E-state index is -4.52. The number of carbonyl (C=O) groups is 3. The predicted molar refractivity (Wildman–Crippen MR) is 116 cm³/mol. The summed E-state index contributed by atoms with van der Waals surface area (Å²) in [7, 11) is 0. The fraction of sp³-hybridized carbons (Fsp3) is 0.160. The van der Waals surface area contributed by atoms with Gasteiger partial charge in [-0.2, -0.15) is 13.2 Å². The zero-order valence-corrected chi connectivity index (χ0v) is 17.4. The summed E-state index contributed by atoms with van der Waals surface area (Å²) in [6, 6.07) is 18.7. The lowest BCUT2D eigenvalue weighted by Crippen LogP contribution is -2.46. The van der Waals surface area contributed by atoms with Gasteiger partial charge >= 0.3 is 6.18 Å². The summed E-state index contributed by atoms with van der Waals surface area (Å²) in [5.74, 6) is -1.56. The Morgan fingerprint density at radius 3 is 2.06 bits per heavy atom. The lowest BCUT2D eigenvalue weighted by Gasteiger charge is -2.16. The SMILES string of the molecule is NC(=O)[C@H](Cc1ccc(C(=O)c2ccccc2)cc1)NC(=O)Cc1cccc(C(F)(F)F)c1. The molecule has 0 radical (unpaired) electrons. The third-order valence-electron chi connectivity index (χ3n) is 4.99. The predicted octanol–water partition coefficient (Wildman–Crippen LogP) is 3.69. The van der Waals surface area contributed by atoms with E-state index in [-0.39, 0.29) is 24.2 Å². The number of hydrogen-bond donors (Lipinski definition) is 2. The molecule has 0 fully saturated rings. The van der Waals surface area contributed by atoms with Crippen LogP contribution in [0.15, 0.2) is 78.9 Å². The van der Waals surface area contributed by atoms with Gasteiger partial charge in [-0.05, 0) is 17.2 Å². The van der Waals surface area contributed by atoms with E-state index in [1.807, 2.05) is 6.07 Å². The Hall–Kier alpha value is -3.94. The minimum Gasteiger partial charge on any atom is -0.368 e. The zero-order valence-electron chi connectivity index (χ0n) is 17.4. The van der Waals surface area contributed by atoms with Crippen molar-refractivity contribution in [2.75, 3.05) is 0 Å². The molecule has 0 bridgehead atoms. The van der Waals surface area contributed by atoms with Gasteiger partial charge in [0.15, 0.2) is 5.78 Å². The highest BCUT2D eigenvalue weighted by Gasteiger charge is 2.30. The first-order valence-electron chi connectivity index (χ1n) is 10.1. The number of benzene rings is 3. The second-order valence-corrected chi connectivity index (χ2v) is 7.49. The van der Waals surface area contributed by atoms with Crippen LogP contribution in [-0.2, 0) is 28.6 Å². The molecule has 0 saturated carbocycles. The molecule has 0 aliphatic heterocycles. The largest absolute Gasteiger partial charge is 0.416 e. The van der Waals surface area contributed by atoms with Crippen LogP contribution in [0.25, 0.3) is 0 Å². The van der Waals surface area contributed by atoms with Crippen LogP contribution in [0.3, 0.4) is 0 Å². The average Bonchev–Trinajstić information content (AvgIpc) is 2.79. The molecule has 8 heteroatoms. The van der Waals surface area contributed by atoms with Crippen LogP contribution in [0.5, 0.6) is 0 Å². The third-order valence-corrected chi connectivity index (χ3v) is 4.99. The Balaban J connectivity index is 1.64. The maximum absolute atomic E-state index is 12.9. The highest BCUT2D eigenvalue weighted by molar-refractivity contribution is 6.08. The molecule has 0 aromatic heterocycles. The summed E-state index contributed by atoms with van der Waals surface area (Å²) < 4.78 is 38.6. The van der Waals surface area contributed by atoms with E-state index in [0.717, 1.165) is 12.1 Å². The van der Waals surface area contributed by atoms with Crippen molar-refractivity contribution in [2.45, 2.75) is 25.1 Å². The first kappa shape index (κ1) is 23.7. The highest BCUT2D eigenvalue weighted by atomic mass is 19.4. The van der Waals surface area contributed by atoms with Crippen LogP contribution in [0.4, 0.5) is 13.2 Å². The first-order valence-corrected chi connectivity index (χ1v) is 10.1. The number of hydrogen-bond acceptors (Lipinski definition) is 3. The summed E-state index contributed by atoms with van der Waals surface area (Å²) >= 11 is 0. The van der Waals surface area contributed by atoms with E-state index in [0.29, 0.717) is 16.7 Å². The normalized spacial score (nSPS) is 12.1.